The van der Waals surface area contributed by atoms with Crippen LogP contribution < -0.4 is 5.32 Å². The first-order valence-electron chi connectivity index (χ1n) is 8.06. The van der Waals surface area contributed by atoms with E-state index in [0.29, 0.717) is 0 Å². The third kappa shape index (κ3) is 3.29. The lowest BCUT2D eigenvalue weighted by Crippen LogP contribution is -2.18. The molecular weight excluding hydrogens is 278 g/mol. The standard InChI is InChI=1S/C22H23N/c1-17-9-7-8-12-21(17)23-20-15-13-19(14-16-20)22(2,3)18-10-5-4-6-11-18/h4-16,23H,1-3H3. The Bertz CT molecular complexity index is 771. The van der Waals surface area contributed by atoms with Crippen LogP contribution in [0.3, 0.4) is 0 Å². The molecule has 0 unspecified atom stereocenters. The molecule has 0 bridgehead atoms. The molecule has 3 rings (SSSR count). The van der Waals surface area contributed by atoms with Crippen LogP contribution in [0.4, 0.5) is 11.4 Å². The summed E-state index contributed by atoms with van der Waals surface area (Å²) in [6, 6.07) is 27.8. The predicted octanol–water partition coefficient (Wildman–Crippen LogP) is 6.06. The van der Waals surface area contributed by atoms with Crippen molar-refractivity contribution in [1.29, 1.82) is 0 Å². The van der Waals surface area contributed by atoms with Crippen molar-refractivity contribution in [2.45, 2.75) is 26.2 Å². The maximum Gasteiger partial charge on any atom is 0.0413 e. The SMILES string of the molecule is Cc1ccccc1Nc1ccc(C(C)(C)c2ccccc2)cc1. The maximum absolute atomic E-state index is 3.49. The Labute approximate surface area is 139 Å². The van der Waals surface area contributed by atoms with Crippen molar-refractivity contribution >= 4 is 11.4 Å². The summed E-state index contributed by atoms with van der Waals surface area (Å²) in [6.45, 7) is 6.66. The van der Waals surface area contributed by atoms with E-state index in [-0.39, 0.29) is 5.41 Å². The van der Waals surface area contributed by atoms with E-state index in [1.807, 2.05) is 0 Å². The predicted molar refractivity (Wildman–Crippen MR) is 99.5 cm³/mol. The van der Waals surface area contributed by atoms with Crippen LogP contribution in [0.2, 0.25) is 0 Å². The molecule has 0 spiro atoms. The molecule has 0 aliphatic heterocycles. The lowest BCUT2D eigenvalue weighted by molar-refractivity contribution is 0.641. The molecule has 0 aliphatic rings. The number of rotatable bonds is 4. The zero-order valence-corrected chi connectivity index (χ0v) is 14.0. The quantitative estimate of drug-likeness (QED) is 0.617. The Hall–Kier alpha value is -2.54. The molecule has 0 heterocycles. The summed E-state index contributed by atoms with van der Waals surface area (Å²) in [5.74, 6) is 0. The summed E-state index contributed by atoms with van der Waals surface area (Å²) >= 11 is 0. The molecule has 1 nitrogen and oxygen atoms in total. The first-order chi connectivity index (χ1) is 11.1. The van der Waals surface area contributed by atoms with Crippen molar-refractivity contribution in [2.24, 2.45) is 0 Å². The van der Waals surface area contributed by atoms with E-state index in [1.54, 1.807) is 0 Å². The van der Waals surface area contributed by atoms with Gasteiger partial charge in [-0.15, -0.1) is 0 Å². The molecule has 0 amide bonds. The van der Waals surface area contributed by atoms with Gasteiger partial charge in [-0.1, -0.05) is 74.5 Å². The molecule has 1 heteroatoms. The molecule has 116 valence electrons. The molecule has 1 N–H and O–H groups in total. The first kappa shape index (κ1) is 15.4. The molecule has 0 aliphatic carbocycles. The minimum atomic E-state index is 0.00243. The van der Waals surface area contributed by atoms with E-state index >= 15 is 0 Å². The summed E-state index contributed by atoms with van der Waals surface area (Å²) in [5, 5.41) is 3.49. The van der Waals surface area contributed by atoms with Gasteiger partial charge in [0.05, 0.1) is 0 Å². The fraction of sp³-hybridized carbons (Fsp3) is 0.182. The van der Waals surface area contributed by atoms with E-state index in [1.165, 1.54) is 16.7 Å². The highest BCUT2D eigenvalue weighted by molar-refractivity contribution is 5.63. The van der Waals surface area contributed by atoms with Crippen LogP contribution in [0.5, 0.6) is 0 Å². The monoisotopic (exact) mass is 301 g/mol. The van der Waals surface area contributed by atoms with Gasteiger partial charge in [-0.05, 0) is 41.8 Å². The Morgan fingerprint density at radius 1 is 0.652 bits per heavy atom. The van der Waals surface area contributed by atoms with Gasteiger partial charge in [0.25, 0.3) is 0 Å². The second kappa shape index (κ2) is 6.29. The zero-order chi connectivity index (χ0) is 16.3. The number of aryl methyl sites for hydroxylation is 1. The van der Waals surface area contributed by atoms with Gasteiger partial charge in [-0.2, -0.15) is 0 Å². The van der Waals surface area contributed by atoms with Crippen LogP contribution in [0, 0.1) is 6.92 Å². The fourth-order valence-electron chi connectivity index (χ4n) is 2.86. The van der Waals surface area contributed by atoms with Crippen LogP contribution in [-0.4, -0.2) is 0 Å². The second-order valence-electron chi connectivity index (χ2n) is 6.51. The highest BCUT2D eigenvalue weighted by atomic mass is 14.9. The molecule has 0 saturated heterocycles. The van der Waals surface area contributed by atoms with Gasteiger partial charge in [0.15, 0.2) is 0 Å². The lowest BCUT2D eigenvalue weighted by Gasteiger charge is -2.26. The minimum Gasteiger partial charge on any atom is -0.355 e. The number of anilines is 2. The fourth-order valence-corrected chi connectivity index (χ4v) is 2.86. The molecular formula is C22H23N. The van der Waals surface area contributed by atoms with E-state index in [0.717, 1.165) is 11.4 Å². The Kier molecular flexibility index (Phi) is 4.20. The van der Waals surface area contributed by atoms with Gasteiger partial charge in [-0.3, -0.25) is 0 Å². The lowest BCUT2D eigenvalue weighted by atomic mass is 9.78. The number of nitrogens with one attached hydrogen (secondary N) is 1. The number of hydrogen-bond acceptors (Lipinski definition) is 1. The summed E-state index contributed by atoms with van der Waals surface area (Å²) in [6.07, 6.45) is 0. The first-order valence-corrected chi connectivity index (χ1v) is 8.06. The third-order valence-electron chi connectivity index (χ3n) is 4.53. The van der Waals surface area contributed by atoms with Crippen LogP contribution in [-0.2, 0) is 5.41 Å². The number of hydrogen-bond donors (Lipinski definition) is 1. The van der Waals surface area contributed by atoms with Gasteiger partial charge < -0.3 is 5.32 Å². The normalized spacial score (nSPS) is 11.3. The Balaban J connectivity index is 1.84. The largest absolute Gasteiger partial charge is 0.355 e. The molecule has 3 aromatic carbocycles. The minimum absolute atomic E-state index is 0.00243. The number of benzene rings is 3. The molecule has 0 radical (unpaired) electrons. The summed E-state index contributed by atoms with van der Waals surface area (Å²) in [5.41, 5.74) is 6.18. The molecule has 3 aromatic rings. The van der Waals surface area contributed by atoms with Crippen molar-refractivity contribution in [2.75, 3.05) is 5.32 Å². The smallest absolute Gasteiger partial charge is 0.0413 e. The molecule has 23 heavy (non-hydrogen) atoms. The van der Waals surface area contributed by atoms with Gasteiger partial charge in [0.2, 0.25) is 0 Å². The van der Waals surface area contributed by atoms with Crippen LogP contribution in [0.1, 0.15) is 30.5 Å². The average Bonchev–Trinajstić information content (AvgIpc) is 2.58. The highest BCUT2D eigenvalue weighted by Crippen LogP contribution is 2.32. The number of para-hydroxylation sites is 1. The molecule has 0 aromatic heterocycles. The van der Waals surface area contributed by atoms with Crippen molar-refractivity contribution in [3.05, 3.63) is 95.6 Å². The molecule has 0 saturated carbocycles. The van der Waals surface area contributed by atoms with Gasteiger partial charge in [0.1, 0.15) is 0 Å². The summed E-state index contributed by atoms with van der Waals surface area (Å²) in [4.78, 5) is 0. The Morgan fingerprint density at radius 3 is 1.87 bits per heavy atom. The van der Waals surface area contributed by atoms with Crippen molar-refractivity contribution in [1.82, 2.24) is 0 Å². The highest BCUT2D eigenvalue weighted by Gasteiger charge is 2.22. The van der Waals surface area contributed by atoms with Crippen molar-refractivity contribution in [3.8, 4) is 0 Å². The van der Waals surface area contributed by atoms with E-state index in [4.69, 9.17) is 0 Å². The Morgan fingerprint density at radius 2 is 1.22 bits per heavy atom. The zero-order valence-electron chi connectivity index (χ0n) is 14.0. The average molecular weight is 301 g/mol. The molecule has 0 atom stereocenters. The third-order valence-corrected chi connectivity index (χ3v) is 4.53. The summed E-state index contributed by atoms with van der Waals surface area (Å²) in [7, 11) is 0. The van der Waals surface area contributed by atoms with Crippen molar-refractivity contribution < 1.29 is 0 Å². The van der Waals surface area contributed by atoms with Gasteiger partial charge in [0, 0.05) is 16.8 Å². The van der Waals surface area contributed by atoms with Crippen LogP contribution in [0.15, 0.2) is 78.9 Å². The maximum atomic E-state index is 3.49. The van der Waals surface area contributed by atoms with E-state index < -0.39 is 0 Å². The van der Waals surface area contributed by atoms with Crippen LogP contribution >= 0.6 is 0 Å². The topological polar surface area (TPSA) is 12.0 Å². The van der Waals surface area contributed by atoms with E-state index in [2.05, 4.69) is 105 Å². The second-order valence-corrected chi connectivity index (χ2v) is 6.51. The van der Waals surface area contributed by atoms with E-state index in [9.17, 15) is 0 Å². The van der Waals surface area contributed by atoms with Crippen molar-refractivity contribution in [3.63, 3.8) is 0 Å². The van der Waals surface area contributed by atoms with Crippen LogP contribution in [0.25, 0.3) is 0 Å². The summed E-state index contributed by atoms with van der Waals surface area (Å²) < 4.78 is 0. The van der Waals surface area contributed by atoms with Gasteiger partial charge >= 0.3 is 0 Å². The van der Waals surface area contributed by atoms with Gasteiger partial charge in [-0.25, -0.2) is 0 Å². The molecule has 0 fully saturated rings.